The van der Waals surface area contributed by atoms with E-state index in [4.69, 9.17) is 10.1 Å². The molecule has 124 valence electrons. The molecule has 0 spiro atoms. The largest absolute Gasteiger partial charge is 0.396 e. The lowest BCUT2D eigenvalue weighted by Gasteiger charge is -2.19. The van der Waals surface area contributed by atoms with Gasteiger partial charge in [-0.05, 0) is 38.2 Å². The molecule has 0 aliphatic carbocycles. The van der Waals surface area contributed by atoms with Crippen LogP contribution in [-0.4, -0.2) is 30.8 Å². The Morgan fingerprint density at radius 1 is 1.18 bits per heavy atom. The molecule has 0 saturated carbocycles. The summed E-state index contributed by atoms with van der Waals surface area (Å²) < 4.78 is 0. The van der Waals surface area contributed by atoms with Gasteiger partial charge in [-0.15, -0.1) is 0 Å². The predicted molar refractivity (Wildman–Crippen MR) is 94.1 cm³/mol. The van der Waals surface area contributed by atoms with E-state index < -0.39 is 0 Å². The van der Waals surface area contributed by atoms with Crippen LogP contribution in [0.5, 0.6) is 0 Å². The highest BCUT2D eigenvalue weighted by Crippen LogP contribution is 2.13. The molecule has 4 nitrogen and oxygen atoms in total. The standard InChI is InChI=1S/C18H31N3O/c1-4-9-16(12-13-22)14-20-18(19-5-2)21-15(3)17-10-7-6-8-11-17/h6-8,10-11,15-16,22H,4-5,9,12-14H2,1-3H3,(H2,19,20,21). The highest BCUT2D eigenvalue weighted by molar-refractivity contribution is 5.80. The topological polar surface area (TPSA) is 56.7 Å². The number of nitrogens with zero attached hydrogens (tertiary/aromatic N) is 1. The van der Waals surface area contributed by atoms with Gasteiger partial charge in [0.25, 0.3) is 0 Å². The third-order valence-corrected chi connectivity index (χ3v) is 3.74. The van der Waals surface area contributed by atoms with Gasteiger partial charge in [0.2, 0.25) is 0 Å². The quantitative estimate of drug-likeness (QED) is 0.485. The maximum Gasteiger partial charge on any atom is 0.191 e. The molecule has 1 aromatic carbocycles. The maximum atomic E-state index is 9.15. The molecule has 2 atom stereocenters. The van der Waals surface area contributed by atoms with Crippen LogP contribution in [-0.2, 0) is 0 Å². The van der Waals surface area contributed by atoms with Crippen LogP contribution in [0.2, 0.25) is 0 Å². The van der Waals surface area contributed by atoms with Crippen molar-refractivity contribution in [1.29, 1.82) is 0 Å². The van der Waals surface area contributed by atoms with Crippen LogP contribution in [0.4, 0.5) is 0 Å². The van der Waals surface area contributed by atoms with E-state index in [0.29, 0.717) is 5.92 Å². The Kier molecular flexibility index (Phi) is 9.31. The van der Waals surface area contributed by atoms with E-state index >= 15 is 0 Å². The highest BCUT2D eigenvalue weighted by Gasteiger charge is 2.10. The summed E-state index contributed by atoms with van der Waals surface area (Å²) in [6.45, 7) is 8.22. The van der Waals surface area contributed by atoms with Crippen LogP contribution in [0, 0.1) is 5.92 Å². The molecule has 0 fully saturated rings. The maximum absolute atomic E-state index is 9.15. The summed E-state index contributed by atoms with van der Waals surface area (Å²) in [5.74, 6) is 1.30. The normalized spacial score (nSPS) is 14.5. The molecule has 0 aliphatic heterocycles. The van der Waals surface area contributed by atoms with Crippen molar-refractivity contribution >= 4 is 5.96 Å². The van der Waals surface area contributed by atoms with Crippen molar-refractivity contribution in [2.75, 3.05) is 19.7 Å². The number of nitrogens with one attached hydrogen (secondary N) is 2. The Hall–Kier alpha value is -1.55. The minimum Gasteiger partial charge on any atom is -0.396 e. The first-order valence-electron chi connectivity index (χ1n) is 8.41. The Morgan fingerprint density at radius 3 is 2.50 bits per heavy atom. The molecular weight excluding hydrogens is 274 g/mol. The van der Waals surface area contributed by atoms with Crippen molar-refractivity contribution in [2.24, 2.45) is 10.9 Å². The first-order chi connectivity index (χ1) is 10.7. The second-order valence-electron chi connectivity index (χ2n) is 5.66. The van der Waals surface area contributed by atoms with Crippen molar-refractivity contribution in [1.82, 2.24) is 10.6 Å². The number of aliphatic imine (C=N–C) groups is 1. The molecule has 3 N–H and O–H groups in total. The Labute approximate surface area is 135 Å². The van der Waals surface area contributed by atoms with Gasteiger partial charge in [-0.2, -0.15) is 0 Å². The molecule has 0 saturated heterocycles. The summed E-state index contributed by atoms with van der Waals surface area (Å²) in [5, 5.41) is 15.9. The van der Waals surface area contributed by atoms with Crippen LogP contribution in [0.1, 0.15) is 51.6 Å². The summed E-state index contributed by atoms with van der Waals surface area (Å²) in [6.07, 6.45) is 3.06. The molecule has 0 amide bonds. The average Bonchev–Trinajstić information content (AvgIpc) is 2.53. The minimum absolute atomic E-state index is 0.210. The van der Waals surface area contributed by atoms with Crippen LogP contribution in [0.25, 0.3) is 0 Å². The number of hydrogen-bond acceptors (Lipinski definition) is 2. The first-order valence-corrected chi connectivity index (χ1v) is 8.41. The fourth-order valence-electron chi connectivity index (χ4n) is 2.49. The SMILES string of the molecule is CCCC(CCO)CN=C(NCC)NC(C)c1ccccc1. The Bertz CT molecular complexity index is 414. The smallest absolute Gasteiger partial charge is 0.191 e. The fourth-order valence-corrected chi connectivity index (χ4v) is 2.49. The summed E-state index contributed by atoms with van der Waals surface area (Å²) in [6, 6.07) is 10.6. The van der Waals surface area contributed by atoms with E-state index in [1.165, 1.54) is 5.56 Å². The molecular formula is C18H31N3O. The molecule has 0 aliphatic rings. The predicted octanol–water partition coefficient (Wildman–Crippen LogP) is 3.10. The van der Waals surface area contributed by atoms with Gasteiger partial charge in [0, 0.05) is 19.7 Å². The summed E-state index contributed by atoms with van der Waals surface area (Å²) in [7, 11) is 0. The van der Waals surface area contributed by atoms with Crippen LogP contribution in [0.3, 0.4) is 0 Å². The second kappa shape index (κ2) is 11.1. The van der Waals surface area contributed by atoms with E-state index in [2.05, 4.69) is 55.7 Å². The van der Waals surface area contributed by atoms with Gasteiger partial charge in [-0.3, -0.25) is 4.99 Å². The van der Waals surface area contributed by atoms with Gasteiger partial charge in [0.05, 0.1) is 6.04 Å². The van der Waals surface area contributed by atoms with Gasteiger partial charge in [-0.25, -0.2) is 0 Å². The monoisotopic (exact) mass is 305 g/mol. The molecule has 0 aromatic heterocycles. The summed E-state index contributed by atoms with van der Waals surface area (Å²) >= 11 is 0. The van der Waals surface area contributed by atoms with Gasteiger partial charge in [0.15, 0.2) is 5.96 Å². The van der Waals surface area contributed by atoms with E-state index in [0.717, 1.165) is 38.3 Å². The Balaban J connectivity index is 2.64. The molecule has 0 radical (unpaired) electrons. The van der Waals surface area contributed by atoms with Crippen molar-refractivity contribution < 1.29 is 5.11 Å². The van der Waals surface area contributed by atoms with E-state index in [1.807, 2.05) is 6.07 Å². The van der Waals surface area contributed by atoms with Crippen molar-refractivity contribution in [3.05, 3.63) is 35.9 Å². The van der Waals surface area contributed by atoms with Crippen molar-refractivity contribution in [2.45, 2.75) is 46.1 Å². The van der Waals surface area contributed by atoms with Crippen LogP contribution >= 0.6 is 0 Å². The molecule has 22 heavy (non-hydrogen) atoms. The zero-order valence-corrected chi connectivity index (χ0v) is 14.2. The number of guanidine groups is 1. The number of aliphatic hydroxyl groups is 1. The fraction of sp³-hybridized carbons (Fsp3) is 0.611. The molecule has 4 heteroatoms. The molecule has 1 rings (SSSR count). The van der Waals surface area contributed by atoms with Gasteiger partial charge < -0.3 is 15.7 Å². The van der Waals surface area contributed by atoms with E-state index in [-0.39, 0.29) is 12.6 Å². The number of hydrogen-bond donors (Lipinski definition) is 3. The van der Waals surface area contributed by atoms with Crippen LogP contribution in [0.15, 0.2) is 35.3 Å². The average molecular weight is 305 g/mol. The lowest BCUT2D eigenvalue weighted by molar-refractivity contribution is 0.253. The van der Waals surface area contributed by atoms with E-state index in [9.17, 15) is 0 Å². The second-order valence-corrected chi connectivity index (χ2v) is 5.66. The van der Waals surface area contributed by atoms with Gasteiger partial charge in [0.1, 0.15) is 0 Å². The van der Waals surface area contributed by atoms with Crippen molar-refractivity contribution in [3.8, 4) is 0 Å². The lowest BCUT2D eigenvalue weighted by Crippen LogP contribution is -2.39. The number of aliphatic hydroxyl groups excluding tert-OH is 1. The zero-order chi connectivity index (χ0) is 16.2. The highest BCUT2D eigenvalue weighted by atomic mass is 16.3. The molecule has 0 bridgehead atoms. The summed E-state index contributed by atoms with van der Waals surface area (Å²) in [4.78, 5) is 4.70. The first kappa shape index (κ1) is 18.5. The number of benzene rings is 1. The summed E-state index contributed by atoms with van der Waals surface area (Å²) in [5.41, 5.74) is 1.24. The van der Waals surface area contributed by atoms with Gasteiger partial charge in [-0.1, -0.05) is 43.7 Å². The zero-order valence-electron chi connectivity index (χ0n) is 14.2. The lowest BCUT2D eigenvalue weighted by atomic mass is 10.0. The van der Waals surface area contributed by atoms with Crippen molar-refractivity contribution in [3.63, 3.8) is 0 Å². The molecule has 0 heterocycles. The Morgan fingerprint density at radius 2 is 1.91 bits per heavy atom. The van der Waals surface area contributed by atoms with E-state index in [1.54, 1.807) is 0 Å². The molecule has 2 unspecified atom stereocenters. The number of rotatable bonds is 9. The molecule has 1 aromatic rings. The third-order valence-electron chi connectivity index (χ3n) is 3.74. The van der Waals surface area contributed by atoms with Gasteiger partial charge >= 0.3 is 0 Å². The van der Waals surface area contributed by atoms with Crippen LogP contribution < -0.4 is 10.6 Å². The minimum atomic E-state index is 0.210. The third kappa shape index (κ3) is 6.94.